The molecule has 1 aromatic carbocycles. The van der Waals surface area contributed by atoms with Crippen LogP contribution in [0.2, 0.25) is 5.02 Å². The third-order valence-electron chi connectivity index (χ3n) is 3.31. The molecule has 0 aliphatic carbocycles. The molecule has 1 atom stereocenters. The Bertz CT molecular complexity index is 583. The van der Waals surface area contributed by atoms with E-state index in [2.05, 4.69) is 30.3 Å². The Morgan fingerprint density at radius 3 is 2.86 bits per heavy atom. The van der Waals surface area contributed by atoms with Gasteiger partial charge in [-0.1, -0.05) is 24.6 Å². The number of rotatable bonds is 7. The van der Waals surface area contributed by atoms with Crippen LogP contribution in [0.3, 0.4) is 0 Å². The quantitative estimate of drug-likeness (QED) is 0.847. The van der Waals surface area contributed by atoms with Gasteiger partial charge in [0, 0.05) is 24.8 Å². The van der Waals surface area contributed by atoms with E-state index in [-0.39, 0.29) is 6.04 Å². The van der Waals surface area contributed by atoms with Crippen LogP contribution in [0, 0.1) is 0 Å². The highest BCUT2D eigenvalue weighted by Crippen LogP contribution is 2.28. The standard InChI is InChI=1S/C16H22ClN3O/c1-4-7-18-12(2)14-5-6-16(15(17)8-14)21-11-13-9-19-20(3)10-13/h5-6,8-10,12,18H,4,7,11H2,1-3H3. The summed E-state index contributed by atoms with van der Waals surface area (Å²) in [7, 11) is 1.88. The van der Waals surface area contributed by atoms with Crippen LogP contribution in [-0.4, -0.2) is 16.3 Å². The van der Waals surface area contributed by atoms with E-state index in [9.17, 15) is 0 Å². The molecule has 114 valence electrons. The van der Waals surface area contributed by atoms with E-state index in [0.29, 0.717) is 17.4 Å². The van der Waals surface area contributed by atoms with Crippen LogP contribution in [0.1, 0.15) is 37.4 Å². The van der Waals surface area contributed by atoms with Crippen molar-refractivity contribution in [3.63, 3.8) is 0 Å². The lowest BCUT2D eigenvalue weighted by Gasteiger charge is -2.15. The molecule has 1 N–H and O–H groups in total. The minimum atomic E-state index is 0.287. The van der Waals surface area contributed by atoms with Gasteiger partial charge in [-0.05, 0) is 37.6 Å². The highest BCUT2D eigenvalue weighted by Gasteiger charge is 2.09. The van der Waals surface area contributed by atoms with Crippen molar-refractivity contribution in [1.82, 2.24) is 15.1 Å². The monoisotopic (exact) mass is 307 g/mol. The fourth-order valence-electron chi connectivity index (χ4n) is 2.09. The molecule has 0 spiro atoms. The van der Waals surface area contributed by atoms with Gasteiger partial charge in [-0.25, -0.2) is 0 Å². The lowest BCUT2D eigenvalue weighted by Crippen LogP contribution is -2.19. The number of nitrogens with zero attached hydrogens (tertiary/aromatic N) is 2. The van der Waals surface area contributed by atoms with Gasteiger partial charge in [0.2, 0.25) is 0 Å². The van der Waals surface area contributed by atoms with Gasteiger partial charge in [-0.3, -0.25) is 4.68 Å². The van der Waals surface area contributed by atoms with Gasteiger partial charge in [0.1, 0.15) is 12.4 Å². The number of nitrogens with one attached hydrogen (secondary N) is 1. The summed E-state index contributed by atoms with van der Waals surface area (Å²) in [5.41, 5.74) is 2.19. The van der Waals surface area contributed by atoms with Crippen LogP contribution < -0.4 is 10.1 Å². The molecule has 2 rings (SSSR count). The summed E-state index contributed by atoms with van der Waals surface area (Å²) in [6.07, 6.45) is 4.84. The van der Waals surface area contributed by atoms with E-state index in [1.54, 1.807) is 10.9 Å². The summed E-state index contributed by atoms with van der Waals surface area (Å²) in [6.45, 7) is 5.76. The van der Waals surface area contributed by atoms with E-state index in [0.717, 1.165) is 18.5 Å². The zero-order valence-electron chi connectivity index (χ0n) is 12.8. The lowest BCUT2D eigenvalue weighted by atomic mass is 10.1. The van der Waals surface area contributed by atoms with Crippen LogP contribution in [0.4, 0.5) is 0 Å². The number of benzene rings is 1. The molecule has 1 unspecified atom stereocenters. The number of aromatic nitrogens is 2. The molecule has 0 bridgehead atoms. The summed E-state index contributed by atoms with van der Waals surface area (Å²) in [6, 6.07) is 6.23. The maximum absolute atomic E-state index is 6.31. The molecule has 1 aromatic heterocycles. The minimum absolute atomic E-state index is 0.287. The fraction of sp³-hybridized carbons (Fsp3) is 0.438. The third kappa shape index (κ3) is 4.48. The first-order valence-electron chi connectivity index (χ1n) is 7.23. The summed E-state index contributed by atoms with van der Waals surface area (Å²) < 4.78 is 7.50. The summed E-state index contributed by atoms with van der Waals surface area (Å²) in [4.78, 5) is 0. The maximum Gasteiger partial charge on any atom is 0.138 e. The average molecular weight is 308 g/mol. The molecule has 0 aliphatic heterocycles. The molecule has 0 saturated carbocycles. The van der Waals surface area contributed by atoms with Crippen LogP contribution in [0.15, 0.2) is 30.6 Å². The van der Waals surface area contributed by atoms with Crippen LogP contribution in [0.5, 0.6) is 5.75 Å². The molecule has 4 nitrogen and oxygen atoms in total. The summed E-state index contributed by atoms with van der Waals surface area (Å²) in [5, 5.41) is 8.20. The van der Waals surface area contributed by atoms with E-state index in [1.807, 2.05) is 25.4 Å². The molecule has 5 heteroatoms. The SMILES string of the molecule is CCCNC(C)c1ccc(OCc2cnn(C)c2)c(Cl)c1. The molecule has 0 aliphatic rings. The van der Waals surface area contributed by atoms with Crippen LogP contribution in [-0.2, 0) is 13.7 Å². The highest BCUT2D eigenvalue weighted by molar-refractivity contribution is 6.32. The second-order valence-corrected chi connectivity index (χ2v) is 5.58. The van der Waals surface area contributed by atoms with Crippen molar-refractivity contribution >= 4 is 11.6 Å². The van der Waals surface area contributed by atoms with Gasteiger partial charge >= 0.3 is 0 Å². The Labute approximate surface area is 131 Å². The van der Waals surface area contributed by atoms with Crippen molar-refractivity contribution in [3.8, 4) is 5.75 Å². The second kappa shape index (κ2) is 7.48. The molecule has 0 radical (unpaired) electrons. The van der Waals surface area contributed by atoms with Crippen LogP contribution in [0.25, 0.3) is 0 Å². The normalized spacial score (nSPS) is 12.4. The lowest BCUT2D eigenvalue weighted by molar-refractivity contribution is 0.306. The topological polar surface area (TPSA) is 39.1 Å². The van der Waals surface area contributed by atoms with Gasteiger partial charge < -0.3 is 10.1 Å². The van der Waals surface area contributed by atoms with Crippen molar-refractivity contribution in [1.29, 1.82) is 0 Å². The minimum Gasteiger partial charge on any atom is -0.487 e. The Morgan fingerprint density at radius 1 is 1.43 bits per heavy atom. The molecule has 0 amide bonds. The van der Waals surface area contributed by atoms with Crippen molar-refractivity contribution in [2.75, 3.05) is 6.54 Å². The first-order chi connectivity index (χ1) is 10.1. The Hall–Kier alpha value is -1.52. The number of hydrogen-bond acceptors (Lipinski definition) is 3. The van der Waals surface area contributed by atoms with E-state index in [1.165, 1.54) is 5.56 Å². The number of hydrogen-bond donors (Lipinski definition) is 1. The van der Waals surface area contributed by atoms with Crippen molar-refractivity contribution in [2.45, 2.75) is 32.9 Å². The van der Waals surface area contributed by atoms with Gasteiger partial charge in [0.25, 0.3) is 0 Å². The predicted octanol–water partition coefficient (Wildman–Crippen LogP) is 3.71. The zero-order chi connectivity index (χ0) is 15.2. The first kappa shape index (κ1) is 15.9. The second-order valence-electron chi connectivity index (χ2n) is 5.18. The Balaban J connectivity index is 1.98. The molecule has 2 aromatic rings. The molecular weight excluding hydrogens is 286 g/mol. The molecule has 1 heterocycles. The number of ether oxygens (including phenoxy) is 1. The fourth-order valence-corrected chi connectivity index (χ4v) is 2.33. The van der Waals surface area contributed by atoms with Crippen LogP contribution >= 0.6 is 11.6 Å². The highest BCUT2D eigenvalue weighted by atomic mass is 35.5. The average Bonchev–Trinajstić information content (AvgIpc) is 2.89. The molecule has 21 heavy (non-hydrogen) atoms. The van der Waals surface area contributed by atoms with E-state index in [4.69, 9.17) is 16.3 Å². The van der Waals surface area contributed by atoms with Gasteiger partial charge in [-0.2, -0.15) is 5.10 Å². The van der Waals surface area contributed by atoms with Crippen molar-refractivity contribution < 1.29 is 4.74 Å². The molecule has 0 fully saturated rings. The number of aryl methyl sites for hydroxylation is 1. The van der Waals surface area contributed by atoms with E-state index >= 15 is 0 Å². The smallest absolute Gasteiger partial charge is 0.138 e. The maximum atomic E-state index is 6.31. The van der Waals surface area contributed by atoms with Gasteiger partial charge in [-0.15, -0.1) is 0 Å². The molecular formula is C16H22ClN3O. The van der Waals surface area contributed by atoms with Crippen molar-refractivity contribution in [2.24, 2.45) is 7.05 Å². The predicted molar refractivity (Wildman–Crippen MR) is 85.7 cm³/mol. The largest absolute Gasteiger partial charge is 0.487 e. The Kier molecular flexibility index (Phi) is 5.65. The Morgan fingerprint density at radius 2 is 2.24 bits per heavy atom. The number of halogens is 1. The zero-order valence-corrected chi connectivity index (χ0v) is 13.5. The van der Waals surface area contributed by atoms with Gasteiger partial charge in [0.15, 0.2) is 0 Å². The van der Waals surface area contributed by atoms with Crippen molar-refractivity contribution in [3.05, 3.63) is 46.7 Å². The summed E-state index contributed by atoms with van der Waals surface area (Å²) in [5.74, 6) is 0.701. The first-order valence-corrected chi connectivity index (χ1v) is 7.61. The van der Waals surface area contributed by atoms with E-state index < -0.39 is 0 Å². The van der Waals surface area contributed by atoms with Gasteiger partial charge in [0.05, 0.1) is 11.2 Å². The summed E-state index contributed by atoms with van der Waals surface area (Å²) >= 11 is 6.31. The molecule has 0 saturated heterocycles. The third-order valence-corrected chi connectivity index (χ3v) is 3.60.